The third-order valence-electron chi connectivity index (χ3n) is 3.30. The summed E-state index contributed by atoms with van der Waals surface area (Å²) >= 11 is 0. The second kappa shape index (κ2) is 8.53. The number of urea groups is 1. The van der Waals surface area contributed by atoms with Gasteiger partial charge in [-0.05, 0) is 18.9 Å². The molecule has 19 heavy (non-hydrogen) atoms. The van der Waals surface area contributed by atoms with Crippen molar-refractivity contribution in [2.75, 3.05) is 26.2 Å². The van der Waals surface area contributed by atoms with E-state index in [-0.39, 0.29) is 12.6 Å². The number of nitrogens with one attached hydrogen (secondary N) is 1. The molecule has 0 bridgehead atoms. The maximum absolute atomic E-state index is 11.9. The lowest BCUT2D eigenvalue weighted by molar-refractivity contribution is 0.180. The van der Waals surface area contributed by atoms with Crippen molar-refractivity contribution in [2.24, 2.45) is 0 Å². The number of carbonyl (C=O) groups is 1. The Bertz CT molecular complexity index is 368. The highest BCUT2D eigenvalue weighted by atomic mass is 16.3. The Kier molecular flexibility index (Phi) is 6.97. The van der Waals surface area contributed by atoms with Crippen LogP contribution in [-0.2, 0) is 0 Å². The van der Waals surface area contributed by atoms with Crippen molar-refractivity contribution in [3.8, 4) is 0 Å². The molecule has 0 fully saturated rings. The predicted molar refractivity (Wildman–Crippen MR) is 77.2 cm³/mol. The fourth-order valence-corrected chi connectivity index (χ4v) is 2.07. The molecule has 4 nitrogen and oxygen atoms in total. The van der Waals surface area contributed by atoms with Crippen molar-refractivity contribution in [1.82, 2.24) is 10.2 Å². The van der Waals surface area contributed by atoms with E-state index in [9.17, 15) is 4.79 Å². The van der Waals surface area contributed by atoms with Gasteiger partial charge in [-0.1, -0.05) is 37.3 Å². The average molecular weight is 264 g/mol. The Morgan fingerprint density at radius 3 is 2.53 bits per heavy atom. The maximum atomic E-state index is 11.9. The Balaban J connectivity index is 2.52. The number of hydrogen-bond donors (Lipinski definition) is 2. The highest BCUT2D eigenvalue weighted by molar-refractivity contribution is 5.74. The van der Waals surface area contributed by atoms with Crippen molar-refractivity contribution < 1.29 is 9.90 Å². The summed E-state index contributed by atoms with van der Waals surface area (Å²) in [6.45, 7) is 5.64. The third kappa shape index (κ3) is 4.91. The molecule has 1 aromatic carbocycles. The first kappa shape index (κ1) is 15.5. The van der Waals surface area contributed by atoms with Gasteiger partial charge in [-0.25, -0.2) is 4.79 Å². The number of likely N-dealkylation sites (N-methyl/N-ethyl adjacent to an activating group) is 1. The van der Waals surface area contributed by atoms with Gasteiger partial charge >= 0.3 is 6.03 Å². The SMILES string of the molecule is CCC(CNC(=O)N(CC)CCO)c1ccccc1. The Hall–Kier alpha value is -1.55. The van der Waals surface area contributed by atoms with Gasteiger partial charge in [-0.2, -0.15) is 0 Å². The molecular weight excluding hydrogens is 240 g/mol. The predicted octanol–water partition coefficient (Wildman–Crippen LogP) is 2.20. The number of aliphatic hydroxyl groups is 1. The van der Waals surface area contributed by atoms with Crippen LogP contribution in [0.3, 0.4) is 0 Å². The maximum Gasteiger partial charge on any atom is 0.317 e. The molecule has 0 aromatic heterocycles. The molecule has 0 radical (unpaired) electrons. The standard InChI is InChI=1S/C15H24N2O2/c1-3-13(14-8-6-5-7-9-14)12-16-15(19)17(4-2)10-11-18/h5-9,13,18H,3-4,10-12H2,1-2H3,(H,16,19). The fourth-order valence-electron chi connectivity index (χ4n) is 2.07. The second-order valence-corrected chi connectivity index (χ2v) is 4.51. The number of benzene rings is 1. The Labute approximate surface area is 115 Å². The highest BCUT2D eigenvalue weighted by Gasteiger charge is 2.14. The van der Waals surface area contributed by atoms with E-state index in [2.05, 4.69) is 24.4 Å². The number of nitrogens with zero attached hydrogens (tertiary/aromatic N) is 1. The molecular formula is C15H24N2O2. The van der Waals surface area contributed by atoms with E-state index in [1.807, 2.05) is 25.1 Å². The summed E-state index contributed by atoms with van der Waals surface area (Å²) in [5.41, 5.74) is 1.25. The first-order valence-corrected chi connectivity index (χ1v) is 6.91. The summed E-state index contributed by atoms with van der Waals surface area (Å²) in [5, 5.41) is 11.8. The first-order valence-electron chi connectivity index (χ1n) is 6.91. The number of amides is 2. The van der Waals surface area contributed by atoms with Crippen molar-refractivity contribution in [1.29, 1.82) is 0 Å². The lowest BCUT2D eigenvalue weighted by Crippen LogP contribution is -2.42. The van der Waals surface area contributed by atoms with Crippen molar-refractivity contribution >= 4 is 6.03 Å². The second-order valence-electron chi connectivity index (χ2n) is 4.51. The van der Waals surface area contributed by atoms with E-state index < -0.39 is 0 Å². The quantitative estimate of drug-likeness (QED) is 0.793. The molecule has 0 spiro atoms. The molecule has 1 rings (SSSR count). The molecule has 1 unspecified atom stereocenters. The largest absolute Gasteiger partial charge is 0.395 e. The average Bonchev–Trinajstić information content (AvgIpc) is 2.46. The molecule has 0 saturated heterocycles. The highest BCUT2D eigenvalue weighted by Crippen LogP contribution is 2.17. The summed E-state index contributed by atoms with van der Waals surface area (Å²) < 4.78 is 0. The molecule has 1 atom stereocenters. The van der Waals surface area contributed by atoms with Crippen LogP contribution < -0.4 is 5.32 Å². The molecule has 2 N–H and O–H groups in total. The summed E-state index contributed by atoms with van der Waals surface area (Å²) in [4.78, 5) is 13.5. The smallest absolute Gasteiger partial charge is 0.317 e. The minimum atomic E-state index is -0.106. The molecule has 0 heterocycles. The van der Waals surface area contributed by atoms with Gasteiger partial charge in [0.05, 0.1) is 6.61 Å². The van der Waals surface area contributed by atoms with E-state index in [1.54, 1.807) is 4.90 Å². The summed E-state index contributed by atoms with van der Waals surface area (Å²) in [7, 11) is 0. The van der Waals surface area contributed by atoms with Gasteiger partial charge in [0.15, 0.2) is 0 Å². The van der Waals surface area contributed by atoms with E-state index in [1.165, 1.54) is 5.56 Å². The van der Waals surface area contributed by atoms with Crippen LogP contribution in [0, 0.1) is 0 Å². The molecule has 0 saturated carbocycles. The van der Waals surface area contributed by atoms with E-state index in [0.717, 1.165) is 6.42 Å². The lowest BCUT2D eigenvalue weighted by atomic mass is 9.97. The van der Waals surface area contributed by atoms with Crippen molar-refractivity contribution in [3.63, 3.8) is 0 Å². The van der Waals surface area contributed by atoms with Crippen molar-refractivity contribution in [3.05, 3.63) is 35.9 Å². The van der Waals surface area contributed by atoms with Gasteiger partial charge < -0.3 is 15.3 Å². The zero-order valence-corrected chi connectivity index (χ0v) is 11.8. The minimum absolute atomic E-state index is 0.00283. The number of hydrogen-bond acceptors (Lipinski definition) is 2. The summed E-state index contributed by atoms with van der Waals surface area (Å²) in [5.74, 6) is 0.331. The molecule has 2 amide bonds. The summed E-state index contributed by atoms with van der Waals surface area (Å²) in [6, 6.07) is 10.1. The molecule has 106 valence electrons. The normalized spacial score (nSPS) is 11.9. The van der Waals surface area contributed by atoms with Crippen LogP contribution in [0.5, 0.6) is 0 Å². The molecule has 0 aliphatic heterocycles. The van der Waals surface area contributed by atoms with Gasteiger partial charge in [-0.15, -0.1) is 0 Å². The van der Waals surface area contributed by atoms with Crippen LogP contribution in [0.25, 0.3) is 0 Å². The minimum Gasteiger partial charge on any atom is -0.395 e. The molecule has 1 aromatic rings. The number of rotatable bonds is 7. The molecule has 0 aliphatic rings. The Morgan fingerprint density at radius 1 is 1.32 bits per heavy atom. The van der Waals surface area contributed by atoms with Crippen LogP contribution in [0.4, 0.5) is 4.79 Å². The number of carbonyl (C=O) groups excluding carboxylic acids is 1. The van der Waals surface area contributed by atoms with Crippen LogP contribution in [0.2, 0.25) is 0 Å². The van der Waals surface area contributed by atoms with Gasteiger partial charge in [0.1, 0.15) is 0 Å². The van der Waals surface area contributed by atoms with Crippen LogP contribution in [-0.4, -0.2) is 42.3 Å². The molecule has 0 aliphatic carbocycles. The van der Waals surface area contributed by atoms with Gasteiger partial charge in [0, 0.05) is 25.6 Å². The monoisotopic (exact) mass is 264 g/mol. The first-order chi connectivity index (χ1) is 9.22. The third-order valence-corrected chi connectivity index (χ3v) is 3.30. The van der Waals surface area contributed by atoms with Crippen molar-refractivity contribution in [2.45, 2.75) is 26.2 Å². The van der Waals surface area contributed by atoms with Crippen LogP contribution in [0.1, 0.15) is 31.7 Å². The van der Waals surface area contributed by atoms with Gasteiger partial charge in [0.25, 0.3) is 0 Å². The number of aliphatic hydroxyl groups excluding tert-OH is 1. The zero-order valence-electron chi connectivity index (χ0n) is 11.8. The Morgan fingerprint density at radius 2 is 2.00 bits per heavy atom. The van der Waals surface area contributed by atoms with Gasteiger partial charge in [0.2, 0.25) is 0 Å². The summed E-state index contributed by atoms with van der Waals surface area (Å²) in [6.07, 6.45) is 0.983. The van der Waals surface area contributed by atoms with Crippen LogP contribution in [0.15, 0.2) is 30.3 Å². The van der Waals surface area contributed by atoms with E-state index in [0.29, 0.717) is 25.6 Å². The van der Waals surface area contributed by atoms with E-state index in [4.69, 9.17) is 5.11 Å². The zero-order chi connectivity index (χ0) is 14.1. The molecule has 4 heteroatoms. The fraction of sp³-hybridized carbons (Fsp3) is 0.533. The van der Waals surface area contributed by atoms with Crippen LogP contribution >= 0.6 is 0 Å². The van der Waals surface area contributed by atoms with Gasteiger partial charge in [-0.3, -0.25) is 0 Å². The topological polar surface area (TPSA) is 52.6 Å². The lowest BCUT2D eigenvalue weighted by Gasteiger charge is -2.22. The van der Waals surface area contributed by atoms with E-state index >= 15 is 0 Å².